The van der Waals surface area contributed by atoms with Gasteiger partial charge in [0.1, 0.15) is 0 Å². The summed E-state index contributed by atoms with van der Waals surface area (Å²) >= 11 is 0. The summed E-state index contributed by atoms with van der Waals surface area (Å²) in [5.41, 5.74) is -0.631. The molecule has 0 fully saturated rings. The lowest BCUT2D eigenvalue weighted by Gasteiger charge is -2.33. The zero-order chi connectivity index (χ0) is 11.8. The van der Waals surface area contributed by atoms with Crippen LogP contribution in [0.15, 0.2) is 0 Å². The molecule has 0 heterocycles. The lowest BCUT2D eigenvalue weighted by Crippen LogP contribution is -2.73. The summed E-state index contributed by atoms with van der Waals surface area (Å²) in [7, 11) is 0. The zero-order valence-corrected chi connectivity index (χ0v) is 6.75. The Kier molecular flexibility index (Phi) is 3.06. The Morgan fingerprint density at radius 3 is 1.43 bits per heavy atom. The number of alkyl halides is 6. The van der Waals surface area contributed by atoms with Gasteiger partial charge < -0.3 is 5.32 Å². The molecule has 9 heteroatoms. The molecule has 0 saturated heterocycles. The fourth-order valence-electron chi connectivity index (χ4n) is 0.580. The normalized spacial score (nSPS) is 14.0. The minimum Gasteiger partial charge on any atom is -0.323 e. The maximum Gasteiger partial charge on any atom is 0.434 e. The number of hydrogen-bond donors (Lipinski definition) is 2. The molecule has 1 amide bonds. The molecule has 0 bridgehead atoms. The third-order valence-electron chi connectivity index (χ3n) is 1.27. The number of halogens is 6. The van der Waals surface area contributed by atoms with Crippen molar-refractivity contribution in [1.29, 1.82) is 0 Å². The Morgan fingerprint density at radius 1 is 1.07 bits per heavy atom. The SMILES string of the molecule is CC(=O)NC(N)(C(F)(F)F)C(F)(F)F. The van der Waals surface area contributed by atoms with Gasteiger partial charge in [0, 0.05) is 6.92 Å². The zero-order valence-electron chi connectivity index (χ0n) is 6.75. The van der Waals surface area contributed by atoms with Crippen molar-refractivity contribution in [2.75, 3.05) is 0 Å². The van der Waals surface area contributed by atoms with E-state index in [0.29, 0.717) is 12.2 Å². The van der Waals surface area contributed by atoms with Gasteiger partial charge in [-0.2, -0.15) is 26.3 Å². The second kappa shape index (κ2) is 3.30. The first-order chi connectivity index (χ1) is 5.92. The molecule has 0 spiro atoms. The lowest BCUT2D eigenvalue weighted by atomic mass is 10.1. The van der Waals surface area contributed by atoms with Crippen LogP contribution >= 0.6 is 0 Å². The van der Waals surface area contributed by atoms with Gasteiger partial charge in [-0.15, -0.1) is 0 Å². The van der Waals surface area contributed by atoms with Crippen molar-refractivity contribution in [3.05, 3.63) is 0 Å². The van der Waals surface area contributed by atoms with E-state index in [1.54, 1.807) is 0 Å². The number of nitrogens with two attached hydrogens (primary N) is 1. The third-order valence-corrected chi connectivity index (χ3v) is 1.27. The van der Waals surface area contributed by atoms with E-state index in [-0.39, 0.29) is 0 Å². The monoisotopic (exact) mass is 224 g/mol. The average molecular weight is 224 g/mol. The van der Waals surface area contributed by atoms with Crippen LogP contribution in [0.25, 0.3) is 0 Å². The molecule has 0 aromatic carbocycles. The molecule has 0 aliphatic heterocycles. The van der Waals surface area contributed by atoms with Gasteiger partial charge in [-0.05, 0) is 0 Å². The smallest absolute Gasteiger partial charge is 0.323 e. The molecular weight excluding hydrogens is 218 g/mol. The molecular formula is C5H6F6N2O. The van der Waals surface area contributed by atoms with Crippen molar-refractivity contribution in [3.63, 3.8) is 0 Å². The molecule has 14 heavy (non-hydrogen) atoms. The highest BCUT2D eigenvalue weighted by atomic mass is 19.4. The molecule has 0 radical (unpaired) electrons. The highest BCUT2D eigenvalue weighted by Gasteiger charge is 2.69. The molecule has 0 saturated carbocycles. The molecule has 0 rings (SSSR count). The maximum atomic E-state index is 11.9. The molecule has 84 valence electrons. The summed E-state index contributed by atoms with van der Waals surface area (Å²) in [6.45, 7) is 0.499. The van der Waals surface area contributed by atoms with Crippen molar-refractivity contribution in [2.24, 2.45) is 5.73 Å². The molecule has 0 aliphatic carbocycles. The number of carbonyl (C=O) groups is 1. The standard InChI is InChI=1S/C5H6F6N2O/c1-2(14)13-3(12,4(6,7)8)5(9,10)11/h12H2,1H3,(H,13,14). The average Bonchev–Trinajstić information content (AvgIpc) is 1.79. The number of carbonyl (C=O) groups excluding carboxylic acids is 1. The van der Waals surface area contributed by atoms with Gasteiger partial charge in [0.15, 0.2) is 0 Å². The van der Waals surface area contributed by atoms with E-state index in [4.69, 9.17) is 0 Å². The van der Waals surface area contributed by atoms with Crippen molar-refractivity contribution in [1.82, 2.24) is 5.32 Å². The minimum atomic E-state index is -5.81. The highest BCUT2D eigenvalue weighted by molar-refractivity contribution is 5.74. The van der Waals surface area contributed by atoms with Gasteiger partial charge in [0.2, 0.25) is 5.91 Å². The van der Waals surface area contributed by atoms with Crippen LogP contribution < -0.4 is 11.1 Å². The molecule has 3 N–H and O–H groups in total. The first-order valence-corrected chi connectivity index (χ1v) is 3.13. The Hall–Kier alpha value is -0.990. The van der Waals surface area contributed by atoms with Crippen LogP contribution in [0.1, 0.15) is 6.92 Å². The Balaban J connectivity index is 5.18. The molecule has 0 unspecified atom stereocenters. The predicted molar refractivity (Wildman–Crippen MR) is 32.8 cm³/mol. The summed E-state index contributed by atoms with van der Waals surface area (Å²) in [4.78, 5) is 10.2. The Morgan fingerprint density at radius 2 is 1.36 bits per heavy atom. The van der Waals surface area contributed by atoms with Crippen LogP contribution in [0.2, 0.25) is 0 Å². The second-order valence-electron chi connectivity index (χ2n) is 2.48. The van der Waals surface area contributed by atoms with Gasteiger partial charge >= 0.3 is 12.4 Å². The van der Waals surface area contributed by atoms with Crippen LogP contribution in [0.3, 0.4) is 0 Å². The Labute approximate surface area is 74.2 Å². The van der Waals surface area contributed by atoms with Crippen LogP contribution in [-0.4, -0.2) is 23.9 Å². The van der Waals surface area contributed by atoms with E-state index in [1.165, 1.54) is 0 Å². The van der Waals surface area contributed by atoms with Gasteiger partial charge in [-0.25, -0.2) is 0 Å². The largest absolute Gasteiger partial charge is 0.434 e. The van der Waals surface area contributed by atoms with Gasteiger partial charge in [0.25, 0.3) is 5.66 Å². The van der Waals surface area contributed by atoms with Crippen molar-refractivity contribution < 1.29 is 31.1 Å². The quantitative estimate of drug-likeness (QED) is 0.513. The first-order valence-electron chi connectivity index (χ1n) is 3.13. The summed E-state index contributed by atoms with van der Waals surface area (Å²) in [6, 6.07) is 0. The van der Waals surface area contributed by atoms with E-state index < -0.39 is 23.9 Å². The van der Waals surface area contributed by atoms with E-state index in [1.807, 2.05) is 0 Å². The highest BCUT2D eigenvalue weighted by Crippen LogP contribution is 2.39. The maximum absolute atomic E-state index is 11.9. The summed E-state index contributed by atoms with van der Waals surface area (Å²) in [5.74, 6) is -1.53. The molecule has 0 aromatic heterocycles. The summed E-state index contributed by atoms with van der Waals surface area (Å²) in [5, 5.41) is 0.625. The number of rotatable bonds is 1. The van der Waals surface area contributed by atoms with Crippen molar-refractivity contribution in [2.45, 2.75) is 24.9 Å². The molecule has 0 atom stereocenters. The van der Waals surface area contributed by atoms with Gasteiger partial charge in [0.05, 0.1) is 0 Å². The number of hydrogen-bond acceptors (Lipinski definition) is 2. The summed E-state index contributed by atoms with van der Waals surface area (Å²) < 4.78 is 71.4. The lowest BCUT2D eigenvalue weighted by molar-refractivity contribution is -0.304. The minimum absolute atomic E-state index is 0.499. The second-order valence-corrected chi connectivity index (χ2v) is 2.48. The topological polar surface area (TPSA) is 55.1 Å². The number of amides is 1. The van der Waals surface area contributed by atoms with Gasteiger partial charge in [-0.3, -0.25) is 10.5 Å². The molecule has 3 nitrogen and oxygen atoms in total. The van der Waals surface area contributed by atoms with Crippen molar-refractivity contribution >= 4 is 5.91 Å². The molecule has 0 aromatic rings. The van der Waals surface area contributed by atoms with Crippen LogP contribution in [0.4, 0.5) is 26.3 Å². The van der Waals surface area contributed by atoms with E-state index in [9.17, 15) is 31.1 Å². The predicted octanol–water partition coefficient (Wildman–Crippen LogP) is 0.902. The first kappa shape index (κ1) is 13.0. The van der Waals surface area contributed by atoms with Crippen LogP contribution in [-0.2, 0) is 4.79 Å². The third kappa shape index (κ3) is 2.28. The van der Waals surface area contributed by atoms with E-state index >= 15 is 0 Å². The fraction of sp³-hybridized carbons (Fsp3) is 0.800. The van der Waals surface area contributed by atoms with E-state index in [0.717, 1.165) is 0 Å². The Bertz CT molecular complexity index is 217. The van der Waals surface area contributed by atoms with Crippen molar-refractivity contribution in [3.8, 4) is 0 Å². The number of nitrogens with one attached hydrogen (secondary N) is 1. The van der Waals surface area contributed by atoms with Crippen LogP contribution in [0, 0.1) is 0 Å². The summed E-state index contributed by atoms with van der Waals surface area (Å²) in [6.07, 6.45) is -11.6. The molecule has 0 aliphatic rings. The van der Waals surface area contributed by atoms with E-state index in [2.05, 4.69) is 5.73 Å². The van der Waals surface area contributed by atoms with Crippen LogP contribution in [0.5, 0.6) is 0 Å². The fourth-order valence-corrected chi connectivity index (χ4v) is 0.580. The van der Waals surface area contributed by atoms with Gasteiger partial charge in [-0.1, -0.05) is 0 Å².